The van der Waals surface area contributed by atoms with Crippen molar-refractivity contribution in [2.75, 3.05) is 13.1 Å². The third-order valence-electron chi connectivity index (χ3n) is 4.21. The lowest BCUT2D eigenvalue weighted by Gasteiger charge is -2.33. The van der Waals surface area contributed by atoms with Gasteiger partial charge in [0.15, 0.2) is 0 Å². The van der Waals surface area contributed by atoms with Gasteiger partial charge in [-0.2, -0.15) is 4.31 Å². The predicted molar refractivity (Wildman–Crippen MR) is 85.2 cm³/mol. The molecule has 3 nitrogen and oxygen atoms in total. The summed E-state index contributed by atoms with van der Waals surface area (Å²) in [7, 11) is -3.36. The minimum atomic E-state index is -3.36. The zero-order valence-corrected chi connectivity index (χ0v) is 14.7. The maximum absolute atomic E-state index is 12.7. The Balaban J connectivity index is 2.22. The van der Waals surface area contributed by atoms with Crippen molar-refractivity contribution in [2.45, 2.75) is 38.5 Å². The van der Waals surface area contributed by atoms with Crippen molar-refractivity contribution < 1.29 is 8.42 Å². The summed E-state index contributed by atoms with van der Waals surface area (Å²) in [6.45, 7) is 7.55. The Hall–Kier alpha value is -0.390. The van der Waals surface area contributed by atoms with Crippen molar-refractivity contribution in [1.29, 1.82) is 0 Å². The molecule has 0 radical (unpaired) electrons. The average Bonchev–Trinajstić information content (AvgIpc) is 2.41. The zero-order valence-electron chi connectivity index (χ0n) is 12.3. The van der Waals surface area contributed by atoms with Crippen LogP contribution in [0.4, 0.5) is 0 Å². The maximum atomic E-state index is 12.7. The molecule has 1 saturated heterocycles. The SMILES string of the molecule is Cc1ccc(Br)cc1S(=O)(=O)N1CCC(C(C)C)CC1. The third kappa shape index (κ3) is 3.26. The first-order valence-electron chi connectivity index (χ1n) is 7.08. The van der Waals surface area contributed by atoms with Crippen molar-refractivity contribution in [3.05, 3.63) is 28.2 Å². The monoisotopic (exact) mass is 359 g/mol. The van der Waals surface area contributed by atoms with E-state index in [1.807, 2.05) is 19.1 Å². The van der Waals surface area contributed by atoms with Gasteiger partial charge >= 0.3 is 0 Å². The lowest BCUT2D eigenvalue weighted by molar-refractivity contribution is 0.226. The molecule has 0 aromatic heterocycles. The minimum Gasteiger partial charge on any atom is -0.207 e. The van der Waals surface area contributed by atoms with Crippen LogP contribution in [0.15, 0.2) is 27.6 Å². The largest absolute Gasteiger partial charge is 0.243 e. The second kappa shape index (κ2) is 6.16. The van der Waals surface area contributed by atoms with Gasteiger partial charge in [-0.3, -0.25) is 0 Å². The van der Waals surface area contributed by atoms with Gasteiger partial charge in [0.25, 0.3) is 0 Å². The van der Waals surface area contributed by atoms with Crippen LogP contribution >= 0.6 is 15.9 Å². The summed E-state index contributed by atoms with van der Waals surface area (Å²) in [5, 5.41) is 0. The number of nitrogens with zero attached hydrogens (tertiary/aromatic N) is 1. The molecule has 0 N–H and O–H groups in total. The molecule has 20 heavy (non-hydrogen) atoms. The van der Waals surface area contributed by atoms with Gasteiger partial charge in [0.1, 0.15) is 0 Å². The molecule has 1 aliphatic heterocycles. The van der Waals surface area contributed by atoms with Crippen LogP contribution in [0.3, 0.4) is 0 Å². The standard InChI is InChI=1S/C15H22BrNO2S/c1-11(2)13-6-8-17(9-7-13)20(18,19)15-10-14(16)5-4-12(15)3/h4-5,10-11,13H,6-9H2,1-3H3. The number of rotatable bonds is 3. The molecule has 112 valence electrons. The Kier molecular flexibility index (Phi) is 4.92. The summed E-state index contributed by atoms with van der Waals surface area (Å²) in [6, 6.07) is 5.43. The van der Waals surface area contributed by atoms with E-state index in [0.717, 1.165) is 22.9 Å². The molecule has 1 aliphatic rings. The van der Waals surface area contributed by atoms with E-state index in [4.69, 9.17) is 0 Å². The highest BCUT2D eigenvalue weighted by Crippen LogP contribution is 2.30. The fourth-order valence-corrected chi connectivity index (χ4v) is 5.01. The smallest absolute Gasteiger partial charge is 0.207 e. The first-order chi connectivity index (χ1) is 9.32. The van der Waals surface area contributed by atoms with Crippen LogP contribution in [0.2, 0.25) is 0 Å². The molecule has 0 unspecified atom stereocenters. The van der Waals surface area contributed by atoms with Crippen molar-refractivity contribution >= 4 is 26.0 Å². The van der Waals surface area contributed by atoms with Crippen LogP contribution in [0.25, 0.3) is 0 Å². The molecule has 0 amide bonds. The quantitative estimate of drug-likeness (QED) is 0.822. The highest BCUT2D eigenvalue weighted by Gasteiger charge is 2.31. The highest BCUT2D eigenvalue weighted by molar-refractivity contribution is 9.10. The van der Waals surface area contributed by atoms with E-state index >= 15 is 0 Å². The molecule has 1 aromatic rings. The van der Waals surface area contributed by atoms with E-state index in [-0.39, 0.29) is 0 Å². The number of sulfonamides is 1. The molecule has 0 aliphatic carbocycles. The van der Waals surface area contributed by atoms with Crippen LogP contribution in [0, 0.1) is 18.8 Å². The molecule has 1 aromatic carbocycles. The van der Waals surface area contributed by atoms with Gasteiger partial charge in [-0.05, 0) is 49.3 Å². The molecule has 5 heteroatoms. The zero-order chi connectivity index (χ0) is 14.9. The van der Waals surface area contributed by atoms with Crippen LogP contribution < -0.4 is 0 Å². The van der Waals surface area contributed by atoms with Gasteiger partial charge in [-0.25, -0.2) is 8.42 Å². The van der Waals surface area contributed by atoms with E-state index in [1.165, 1.54) is 0 Å². The number of halogens is 1. The first kappa shape index (κ1) is 16.0. The fourth-order valence-electron chi connectivity index (χ4n) is 2.77. The lowest BCUT2D eigenvalue weighted by atomic mass is 9.87. The molecule has 1 fully saturated rings. The Bertz CT molecular complexity index is 576. The molecular weight excluding hydrogens is 338 g/mol. The summed E-state index contributed by atoms with van der Waals surface area (Å²) in [5.41, 5.74) is 0.805. The Morgan fingerprint density at radius 3 is 2.40 bits per heavy atom. The molecule has 1 heterocycles. The summed E-state index contributed by atoms with van der Waals surface area (Å²) in [6.07, 6.45) is 1.92. The van der Waals surface area contributed by atoms with Gasteiger partial charge < -0.3 is 0 Å². The van der Waals surface area contributed by atoms with Crippen LogP contribution in [-0.4, -0.2) is 25.8 Å². The van der Waals surface area contributed by atoms with Crippen molar-refractivity contribution in [3.8, 4) is 0 Å². The van der Waals surface area contributed by atoms with E-state index < -0.39 is 10.0 Å². The second-order valence-corrected chi connectivity index (χ2v) is 8.72. The summed E-state index contributed by atoms with van der Waals surface area (Å²) < 4.78 is 27.9. The van der Waals surface area contributed by atoms with Gasteiger partial charge in [-0.1, -0.05) is 35.8 Å². The number of piperidine rings is 1. The normalized spacial score (nSPS) is 18.6. The first-order valence-corrected chi connectivity index (χ1v) is 9.32. The lowest BCUT2D eigenvalue weighted by Crippen LogP contribution is -2.39. The minimum absolute atomic E-state index is 0.426. The molecule has 2 rings (SSSR count). The van der Waals surface area contributed by atoms with Crippen molar-refractivity contribution in [2.24, 2.45) is 11.8 Å². The molecule has 0 atom stereocenters. The Morgan fingerprint density at radius 2 is 1.85 bits per heavy atom. The number of hydrogen-bond donors (Lipinski definition) is 0. The van der Waals surface area contributed by atoms with Crippen molar-refractivity contribution in [3.63, 3.8) is 0 Å². The highest BCUT2D eigenvalue weighted by atomic mass is 79.9. The number of hydrogen-bond acceptors (Lipinski definition) is 2. The van der Waals surface area contributed by atoms with E-state index in [9.17, 15) is 8.42 Å². The molecular formula is C15H22BrNO2S. The Morgan fingerprint density at radius 1 is 1.25 bits per heavy atom. The summed E-state index contributed by atoms with van der Waals surface area (Å²) in [4.78, 5) is 0.426. The van der Waals surface area contributed by atoms with E-state index in [1.54, 1.807) is 10.4 Å². The molecule has 0 bridgehead atoms. The molecule has 0 saturated carbocycles. The van der Waals surface area contributed by atoms with Gasteiger partial charge in [0, 0.05) is 17.6 Å². The van der Waals surface area contributed by atoms with Crippen LogP contribution in [-0.2, 0) is 10.0 Å². The van der Waals surface area contributed by atoms with Gasteiger partial charge in [0.2, 0.25) is 10.0 Å². The van der Waals surface area contributed by atoms with E-state index in [2.05, 4.69) is 29.8 Å². The summed E-state index contributed by atoms with van der Waals surface area (Å²) >= 11 is 3.36. The third-order valence-corrected chi connectivity index (χ3v) is 6.74. The van der Waals surface area contributed by atoms with E-state index in [0.29, 0.717) is 29.8 Å². The number of aryl methyl sites for hydroxylation is 1. The average molecular weight is 360 g/mol. The second-order valence-electron chi connectivity index (χ2n) is 5.90. The fraction of sp³-hybridized carbons (Fsp3) is 0.600. The predicted octanol–water partition coefficient (Wildman–Crippen LogP) is 3.81. The number of benzene rings is 1. The van der Waals surface area contributed by atoms with Crippen molar-refractivity contribution in [1.82, 2.24) is 4.31 Å². The molecule has 0 spiro atoms. The topological polar surface area (TPSA) is 37.4 Å². The van der Waals surface area contributed by atoms with Crippen LogP contribution in [0.1, 0.15) is 32.3 Å². The van der Waals surface area contributed by atoms with Gasteiger partial charge in [-0.15, -0.1) is 0 Å². The van der Waals surface area contributed by atoms with Gasteiger partial charge in [0.05, 0.1) is 4.90 Å². The Labute approximate surface area is 130 Å². The summed E-state index contributed by atoms with van der Waals surface area (Å²) in [5.74, 6) is 1.28. The van der Waals surface area contributed by atoms with Crippen LogP contribution in [0.5, 0.6) is 0 Å². The maximum Gasteiger partial charge on any atom is 0.243 e.